The molecule has 202 valence electrons. The largest absolute Gasteiger partial charge is 0.389 e. The molecule has 1 unspecified atom stereocenters. The molecular formula is C27H47NO7. The van der Waals surface area contributed by atoms with Crippen molar-refractivity contribution >= 4 is 0 Å². The van der Waals surface area contributed by atoms with Crippen LogP contribution in [0.25, 0.3) is 0 Å². The van der Waals surface area contributed by atoms with Gasteiger partial charge in [0.05, 0.1) is 19.3 Å². The zero-order valence-corrected chi connectivity index (χ0v) is 22.2. The third kappa shape index (κ3) is 6.23. The van der Waals surface area contributed by atoms with Crippen molar-refractivity contribution in [2.45, 2.75) is 152 Å². The van der Waals surface area contributed by atoms with Gasteiger partial charge in [-0.05, 0) is 53.4 Å². The van der Waals surface area contributed by atoms with Crippen molar-refractivity contribution in [1.29, 1.82) is 0 Å². The number of rotatable bonds is 8. The molecule has 5 aliphatic rings. The van der Waals surface area contributed by atoms with Gasteiger partial charge in [0.25, 0.3) is 0 Å². The van der Waals surface area contributed by atoms with Gasteiger partial charge in [-0.1, -0.05) is 38.5 Å². The second-order valence-corrected chi connectivity index (χ2v) is 12.2. The third-order valence-corrected chi connectivity index (χ3v) is 8.41. The van der Waals surface area contributed by atoms with Gasteiger partial charge in [0.15, 0.2) is 17.9 Å². The van der Waals surface area contributed by atoms with Gasteiger partial charge in [-0.3, -0.25) is 4.90 Å². The van der Waals surface area contributed by atoms with E-state index in [9.17, 15) is 5.11 Å². The third-order valence-electron chi connectivity index (χ3n) is 8.41. The molecule has 2 aliphatic carbocycles. The molecule has 3 saturated heterocycles. The molecule has 1 N–H and O–H groups in total. The van der Waals surface area contributed by atoms with E-state index in [-0.39, 0.29) is 24.9 Å². The molecule has 35 heavy (non-hydrogen) atoms. The molecule has 2 saturated carbocycles. The standard InChI is InChI=1S/C27H47NO7/c1-26(2)31-17-21(33-26)22-23(24-25(32-22)35-27(3,4)34-24)30-16-20(29)15-28(18-11-7-5-8-12-18)19-13-9-6-10-14-19/h18-25,29H,5-17H2,1-4H3/t20?,21-,22-,23+,24-,25-/m1/s1. The lowest BCUT2D eigenvalue weighted by Gasteiger charge is -2.42. The van der Waals surface area contributed by atoms with Gasteiger partial charge in [0, 0.05) is 18.6 Å². The van der Waals surface area contributed by atoms with E-state index in [1.165, 1.54) is 64.2 Å². The average molecular weight is 498 g/mol. The van der Waals surface area contributed by atoms with Gasteiger partial charge >= 0.3 is 0 Å². The molecule has 6 atom stereocenters. The van der Waals surface area contributed by atoms with Crippen molar-refractivity contribution in [3.63, 3.8) is 0 Å². The van der Waals surface area contributed by atoms with Crippen LogP contribution in [0.1, 0.15) is 91.9 Å². The molecule has 0 aromatic heterocycles. The van der Waals surface area contributed by atoms with Gasteiger partial charge in [-0.2, -0.15) is 0 Å². The molecule has 0 spiro atoms. The summed E-state index contributed by atoms with van der Waals surface area (Å²) in [6, 6.07) is 1.18. The number of nitrogens with zero attached hydrogens (tertiary/aromatic N) is 1. The predicted octanol–water partition coefficient (Wildman–Crippen LogP) is 3.73. The minimum atomic E-state index is -0.731. The molecule has 0 aromatic rings. The summed E-state index contributed by atoms with van der Waals surface area (Å²) in [5.41, 5.74) is 0. The van der Waals surface area contributed by atoms with Crippen LogP contribution in [0.4, 0.5) is 0 Å². The van der Waals surface area contributed by atoms with Gasteiger partial charge in [-0.15, -0.1) is 0 Å². The Morgan fingerprint density at radius 2 is 1.46 bits per heavy atom. The second-order valence-electron chi connectivity index (χ2n) is 12.2. The Labute approximate surface area is 210 Å². The van der Waals surface area contributed by atoms with Crippen molar-refractivity contribution in [2.75, 3.05) is 19.8 Å². The predicted molar refractivity (Wildman–Crippen MR) is 130 cm³/mol. The number of hydrogen-bond donors (Lipinski definition) is 1. The zero-order chi connectivity index (χ0) is 24.6. The minimum Gasteiger partial charge on any atom is -0.389 e. The second kappa shape index (κ2) is 10.8. The maximum atomic E-state index is 11.2. The summed E-state index contributed by atoms with van der Waals surface area (Å²) in [5, 5.41) is 11.2. The lowest BCUT2D eigenvalue weighted by atomic mass is 9.88. The lowest BCUT2D eigenvalue weighted by Crippen LogP contribution is -2.50. The molecule has 3 aliphatic heterocycles. The molecule has 5 rings (SSSR count). The molecule has 0 bridgehead atoms. The molecule has 0 aromatic carbocycles. The van der Waals surface area contributed by atoms with E-state index in [1.54, 1.807) is 0 Å². The van der Waals surface area contributed by atoms with Crippen LogP contribution in [0, 0.1) is 0 Å². The molecular weight excluding hydrogens is 450 g/mol. The van der Waals surface area contributed by atoms with Crippen LogP contribution in [-0.4, -0.2) is 90.2 Å². The molecule has 8 nitrogen and oxygen atoms in total. The van der Waals surface area contributed by atoms with Crippen molar-refractivity contribution in [2.24, 2.45) is 0 Å². The highest BCUT2D eigenvalue weighted by Crippen LogP contribution is 2.42. The van der Waals surface area contributed by atoms with E-state index in [0.717, 1.165) is 0 Å². The fourth-order valence-corrected chi connectivity index (χ4v) is 6.81. The highest BCUT2D eigenvalue weighted by molar-refractivity contribution is 4.99. The van der Waals surface area contributed by atoms with Gasteiger partial charge < -0.3 is 33.5 Å². The SMILES string of the molecule is CC1(C)O[C@H]2O[C@H]([C@H]3COC(C)(C)O3)[C@H](OCC(O)CN(C3CCCCC3)C3CCCCC3)[C@H]2O1. The van der Waals surface area contributed by atoms with E-state index < -0.39 is 30.1 Å². The summed E-state index contributed by atoms with van der Waals surface area (Å²) in [7, 11) is 0. The van der Waals surface area contributed by atoms with E-state index in [4.69, 9.17) is 28.4 Å². The van der Waals surface area contributed by atoms with Crippen LogP contribution in [0.3, 0.4) is 0 Å². The van der Waals surface area contributed by atoms with Crippen molar-refractivity contribution in [1.82, 2.24) is 4.90 Å². The molecule has 5 fully saturated rings. The smallest absolute Gasteiger partial charge is 0.190 e. The highest BCUT2D eigenvalue weighted by Gasteiger charge is 2.59. The van der Waals surface area contributed by atoms with E-state index >= 15 is 0 Å². The summed E-state index contributed by atoms with van der Waals surface area (Å²) >= 11 is 0. The van der Waals surface area contributed by atoms with Crippen molar-refractivity contribution < 1.29 is 33.5 Å². The summed E-state index contributed by atoms with van der Waals surface area (Å²) in [5.74, 6) is -1.39. The normalized spacial score (nSPS) is 38.7. The maximum Gasteiger partial charge on any atom is 0.190 e. The molecule has 3 heterocycles. The first-order valence-electron chi connectivity index (χ1n) is 14.1. The monoisotopic (exact) mass is 497 g/mol. The highest BCUT2D eigenvalue weighted by atomic mass is 16.8. The first-order valence-corrected chi connectivity index (χ1v) is 14.1. The number of aliphatic hydroxyl groups is 1. The number of hydrogen-bond acceptors (Lipinski definition) is 8. The van der Waals surface area contributed by atoms with E-state index in [2.05, 4.69) is 4.90 Å². The first kappa shape index (κ1) is 26.3. The van der Waals surface area contributed by atoms with Crippen LogP contribution >= 0.6 is 0 Å². The summed E-state index contributed by atoms with van der Waals surface area (Å²) in [4.78, 5) is 2.63. The van der Waals surface area contributed by atoms with Gasteiger partial charge in [0.1, 0.15) is 24.4 Å². The molecule has 0 radical (unpaired) electrons. The number of aliphatic hydroxyl groups excluding tert-OH is 1. The Morgan fingerprint density at radius 1 is 0.829 bits per heavy atom. The minimum absolute atomic E-state index is 0.241. The quantitative estimate of drug-likeness (QED) is 0.544. The topological polar surface area (TPSA) is 78.9 Å². The van der Waals surface area contributed by atoms with Gasteiger partial charge in [-0.25, -0.2) is 0 Å². The average Bonchev–Trinajstić information content (AvgIpc) is 3.45. The Kier molecular flexibility index (Phi) is 8.12. The van der Waals surface area contributed by atoms with Crippen LogP contribution in [0.15, 0.2) is 0 Å². The molecule has 0 amide bonds. The fourth-order valence-electron chi connectivity index (χ4n) is 6.81. The maximum absolute atomic E-state index is 11.2. The van der Waals surface area contributed by atoms with Crippen LogP contribution < -0.4 is 0 Å². The Bertz CT molecular complexity index is 673. The van der Waals surface area contributed by atoms with E-state index in [0.29, 0.717) is 25.2 Å². The molecule has 8 heteroatoms. The zero-order valence-electron chi connectivity index (χ0n) is 22.2. The van der Waals surface area contributed by atoms with Crippen molar-refractivity contribution in [3.8, 4) is 0 Å². The first-order chi connectivity index (χ1) is 16.7. The van der Waals surface area contributed by atoms with Crippen molar-refractivity contribution in [3.05, 3.63) is 0 Å². The summed E-state index contributed by atoms with van der Waals surface area (Å²) in [6.07, 6.45) is 10.4. The van der Waals surface area contributed by atoms with Gasteiger partial charge in [0.2, 0.25) is 0 Å². The Morgan fingerprint density at radius 3 is 2.03 bits per heavy atom. The summed E-state index contributed by atoms with van der Waals surface area (Å²) in [6.45, 7) is 8.93. The Hall–Kier alpha value is -0.320. The van der Waals surface area contributed by atoms with Crippen LogP contribution in [0.5, 0.6) is 0 Å². The summed E-state index contributed by atoms with van der Waals surface area (Å²) < 4.78 is 36.7. The lowest BCUT2D eigenvalue weighted by molar-refractivity contribution is -0.237. The number of ether oxygens (including phenoxy) is 6. The van der Waals surface area contributed by atoms with Crippen LogP contribution in [0.2, 0.25) is 0 Å². The number of fused-ring (bicyclic) bond motifs is 1. The fraction of sp³-hybridized carbons (Fsp3) is 1.00. The Balaban J connectivity index is 1.23. The van der Waals surface area contributed by atoms with Crippen LogP contribution in [-0.2, 0) is 28.4 Å². The van der Waals surface area contributed by atoms with E-state index in [1.807, 2.05) is 27.7 Å².